The van der Waals surface area contributed by atoms with E-state index < -0.39 is 17.6 Å². The third kappa shape index (κ3) is 2.46. The maximum Gasteiger partial charge on any atom is 0.364 e. The normalized spacial score (nSPS) is 34.1. The lowest BCUT2D eigenvalue weighted by Crippen LogP contribution is -2.61. The van der Waals surface area contributed by atoms with Crippen molar-refractivity contribution in [1.82, 2.24) is 0 Å². The number of hydrogen-bond donors (Lipinski definition) is 2. The summed E-state index contributed by atoms with van der Waals surface area (Å²) < 4.78 is 28.4. The molecule has 4 aliphatic carbocycles. The summed E-state index contributed by atoms with van der Waals surface area (Å²) >= 11 is 0. The van der Waals surface area contributed by atoms with Gasteiger partial charge in [-0.05, 0) is 95.7 Å². The van der Waals surface area contributed by atoms with Crippen LogP contribution in [0.2, 0.25) is 0 Å². The highest BCUT2D eigenvalue weighted by molar-refractivity contribution is 5.90. The molecule has 2 bridgehead atoms. The number of phenols is 1. The SMILES string of the molecule is O=C(O)/C(F)=C/c1ccc(/C(=C2\C3CC4CC5CC2C53C4)c2ccc(O)cc2)cc1F. The quantitative estimate of drug-likeness (QED) is 0.615. The van der Waals surface area contributed by atoms with Gasteiger partial charge in [0.05, 0.1) is 0 Å². The van der Waals surface area contributed by atoms with E-state index in [0.717, 1.165) is 23.0 Å². The van der Waals surface area contributed by atoms with Crippen LogP contribution in [-0.4, -0.2) is 16.2 Å². The Morgan fingerprint density at radius 2 is 1.74 bits per heavy atom. The Bertz CT molecular complexity index is 1180. The van der Waals surface area contributed by atoms with E-state index in [4.69, 9.17) is 5.11 Å². The van der Waals surface area contributed by atoms with Crippen LogP contribution in [0.1, 0.15) is 42.4 Å². The number of benzene rings is 2. The van der Waals surface area contributed by atoms with Gasteiger partial charge in [-0.1, -0.05) is 29.8 Å². The van der Waals surface area contributed by atoms with Gasteiger partial charge in [0, 0.05) is 5.56 Å². The third-order valence-electron chi connectivity index (χ3n) is 8.38. The first-order chi connectivity index (χ1) is 14.9. The van der Waals surface area contributed by atoms with Crippen molar-refractivity contribution in [2.24, 2.45) is 29.1 Å². The summed E-state index contributed by atoms with van der Waals surface area (Å²) in [7, 11) is 0. The van der Waals surface area contributed by atoms with Crippen molar-refractivity contribution in [1.29, 1.82) is 0 Å². The van der Waals surface area contributed by atoms with E-state index in [9.17, 15) is 18.7 Å². The average molecular weight is 420 g/mol. The molecule has 158 valence electrons. The largest absolute Gasteiger partial charge is 0.508 e. The number of carboxylic acid groups (broad SMARTS) is 1. The second-order valence-electron chi connectivity index (χ2n) is 9.60. The summed E-state index contributed by atoms with van der Waals surface area (Å²) in [5, 5.41) is 18.5. The fourth-order valence-electron chi connectivity index (χ4n) is 7.31. The van der Waals surface area contributed by atoms with Gasteiger partial charge in [-0.2, -0.15) is 4.39 Å². The standard InChI is InChI=1S/C26H22F2O3/c27-21-10-16(2-1-15(21)9-22(28)25(30)31)23(14-3-5-18(29)6-4-14)24-19-8-13-7-17-11-20(24)26(17,19)12-13/h1-6,9-10,13,17,19-20,29H,7-8,11-12H2,(H,30,31)/b22-9-,24-23+. The highest BCUT2D eigenvalue weighted by atomic mass is 19.1. The molecule has 5 heteroatoms. The van der Waals surface area contributed by atoms with E-state index in [1.807, 2.05) is 12.1 Å². The molecular weight excluding hydrogens is 398 g/mol. The topological polar surface area (TPSA) is 57.5 Å². The van der Waals surface area contributed by atoms with Gasteiger partial charge in [-0.15, -0.1) is 0 Å². The predicted octanol–water partition coefficient (Wildman–Crippen LogP) is 5.79. The van der Waals surface area contributed by atoms with Crippen molar-refractivity contribution >= 4 is 17.6 Å². The highest BCUT2D eigenvalue weighted by Crippen LogP contribution is 2.83. The van der Waals surface area contributed by atoms with E-state index in [0.29, 0.717) is 28.9 Å². The fraction of sp³-hybridized carbons (Fsp3) is 0.346. The van der Waals surface area contributed by atoms with Crippen LogP contribution in [0.4, 0.5) is 8.78 Å². The van der Waals surface area contributed by atoms with Crippen molar-refractivity contribution in [2.45, 2.75) is 25.7 Å². The first-order valence-corrected chi connectivity index (χ1v) is 10.8. The lowest BCUT2D eigenvalue weighted by atomic mass is 9.35. The third-order valence-corrected chi connectivity index (χ3v) is 8.38. The molecule has 0 saturated heterocycles. The number of carboxylic acids is 1. The monoisotopic (exact) mass is 420 g/mol. The fourth-order valence-corrected chi connectivity index (χ4v) is 7.31. The molecular formula is C26H22F2O3. The van der Waals surface area contributed by atoms with E-state index in [1.165, 1.54) is 43.4 Å². The first kappa shape index (κ1) is 18.8. The Morgan fingerprint density at radius 1 is 1.03 bits per heavy atom. The maximum absolute atomic E-state index is 14.9. The second-order valence-corrected chi connectivity index (χ2v) is 9.60. The van der Waals surface area contributed by atoms with E-state index in [-0.39, 0.29) is 11.3 Å². The maximum atomic E-state index is 14.9. The molecule has 0 aliphatic heterocycles. The Hall–Kier alpha value is -2.95. The average Bonchev–Trinajstić information content (AvgIpc) is 3.25. The first-order valence-electron chi connectivity index (χ1n) is 10.8. The van der Waals surface area contributed by atoms with Crippen LogP contribution in [0.5, 0.6) is 5.75 Å². The van der Waals surface area contributed by atoms with Crippen molar-refractivity contribution in [3.8, 4) is 5.75 Å². The molecule has 5 atom stereocenters. The lowest BCUT2D eigenvalue weighted by molar-refractivity contribution is -0.134. The van der Waals surface area contributed by atoms with Gasteiger partial charge in [-0.25, -0.2) is 9.18 Å². The number of carbonyl (C=O) groups is 1. The number of allylic oxidation sites excluding steroid dienone is 1. The zero-order valence-electron chi connectivity index (χ0n) is 16.8. The Morgan fingerprint density at radius 3 is 2.42 bits per heavy atom. The van der Waals surface area contributed by atoms with Crippen LogP contribution in [0.3, 0.4) is 0 Å². The molecule has 4 saturated carbocycles. The van der Waals surface area contributed by atoms with E-state index in [2.05, 4.69) is 0 Å². The number of aliphatic carboxylic acids is 1. The number of fused-ring (bicyclic) bond motifs is 1. The summed E-state index contributed by atoms with van der Waals surface area (Å²) in [5.41, 5.74) is 4.45. The van der Waals surface area contributed by atoms with Crippen molar-refractivity contribution in [3.05, 3.63) is 76.4 Å². The van der Waals surface area contributed by atoms with Gasteiger partial charge in [0.25, 0.3) is 0 Å². The minimum Gasteiger partial charge on any atom is -0.508 e. The molecule has 1 spiro atoms. The van der Waals surface area contributed by atoms with E-state index >= 15 is 0 Å². The van der Waals surface area contributed by atoms with Crippen LogP contribution in [0.25, 0.3) is 11.6 Å². The molecule has 0 amide bonds. The minimum absolute atomic E-state index is 0.0904. The number of rotatable bonds is 4. The molecule has 3 nitrogen and oxygen atoms in total. The molecule has 0 radical (unpaired) electrons. The predicted molar refractivity (Wildman–Crippen MR) is 112 cm³/mol. The van der Waals surface area contributed by atoms with Crippen LogP contribution < -0.4 is 0 Å². The Kier molecular flexibility index (Phi) is 3.81. The molecule has 4 fully saturated rings. The molecule has 0 aromatic heterocycles. The van der Waals surface area contributed by atoms with Gasteiger partial charge in [0.1, 0.15) is 11.6 Å². The van der Waals surface area contributed by atoms with Crippen molar-refractivity contribution < 1.29 is 23.8 Å². The van der Waals surface area contributed by atoms with Crippen LogP contribution in [0, 0.1) is 34.9 Å². The number of hydrogen-bond acceptors (Lipinski definition) is 2. The lowest BCUT2D eigenvalue weighted by Gasteiger charge is -2.68. The summed E-state index contributed by atoms with van der Waals surface area (Å²) in [6.45, 7) is 0. The van der Waals surface area contributed by atoms with Gasteiger partial charge in [0.15, 0.2) is 0 Å². The molecule has 4 aliphatic rings. The number of aromatic hydroxyl groups is 1. The number of halogens is 2. The van der Waals surface area contributed by atoms with Crippen molar-refractivity contribution in [3.63, 3.8) is 0 Å². The van der Waals surface area contributed by atoms with Crippen LogP contribution in [0.15, 0.2) is 53.9 Å². The summed E-state index contributed by atoms with van der Waals surface area (Å²) in [6.07, 6.45) is 5.80. The molecule has 6 rings (SSSR count). The minimum atomic E-state index is -1.72. The van der Waals surface area contributed by atoms with E-state index in [1.54, 1.807) is 18.2 Å². The summed E-state index contributed by atoms with van der Waals surface area (Å²) in [6, 6.07) is 11.6. The molecule has 0 heterocycles. The Balaban J connectivity index is 1.48. The smallest absolute Gasteiger partial charge is 0.364 e. The van der Waals surface area contributed by atoms with Gasteiger partial charge < -0.3 is 10.2 Å². The number of phenolic OH excluding ortho intramolecular Hbond substituents is 1. The second kappa shape index (κ2) is 6.28. The molecule has 2 aromatic carbocycles. The molecule has 2 N–H and O–H groups in total. The summed E-state index contributed by atoms with van der Waals surface area (Å²) in [5.74, 6) is -0.845. The van der Waals surface area contributed by atoms with Gasteiger partial charge in [-0.3, -0.25) is 0 Å². The highest BCUT2D eigenvalue weighted by Gasteiger charge is 2.76. The molecule has 2 aromatic rings. The zero-order chi connectivity index (χ0) is 21.5. The summed E-state index contributed by atoms with van der Waals surface area (Å²) in [4.78, 5) is 10.8. The van der Waals surface area contributed by atoms with Gasteiger partial charge in [0.2, 0.25) is 5.83 Å². The van der Waals surface area contributed by atoms with Crippen molar-refractivity contribution in [2.75, 3.05) is 0 Å². The molecule has 5 unspecified atom stereocenters. The molecule has 31 heavy (non-hydrogen) atoms. The Labute approximate surface area is 178 Å². The zero-order valence-corrected chi connectivity index (χ0v) is 16.8. The van der Waals surface area contributed by atoms with Crippen LogP contribution in [-0.2, 0) is 4.79 Å². The van der Waals surface area contributed by atoms with Gasteiger partial charge >= 0.3 is 5.97 Å². The van der Waals surface area contributed by atoms with Crippen LogP contribution >= 0.6 is 0 Å².